The van der Waals surface area contributed by atoms with E-state index < -0.39 is 24.1 Å². The Morgan fingerprint density at radius 1 is 0.500 bits per heavy atom. The number of quaternary nitrogens is 1. The van der Waals surface area contributed by atoms with Gasteiger partial charge in [0.1, 0.15) is 12.6 Å². The summed E-state index contributed by atoms with van der Waals surface area (Å²) in [4.78, 5) is 36.9. The lowest BCUT2D eigenvalue weighted by Crippen LogP contribution is -2.55. The van der Waals surface area contributed by atoms with Crippen molar-refractivity contribution in [1.29, 1.82) is 0 Å². The van der Waals surface area contributed by atoms with Crippen LogP contribution in [0.5, 0.6) is 0 Å². The van der Waals surface area contributed by atoms with Gasteiger partial charge in [0.05, 0.1) is 46.7 Å². The van der Waals surface area contributed by atoms with Crippen molar-refractivity contribution >= 4 is 17.9 Å². The summed E-state index contributed by atoms with van der Waals surface area (Å²) in [6.07, 6.45) is 55.8. The SMILES string of the molecule is CC/C=C\C/C=C\C/C=C\C/C=C\C/C=C\CC(=O)OC(COCCC(C(=O)[O-])[N+](C)(C)C)COC(=O)CCCCCCCCCCCCCCCCCCCCCCCCC. The van der Waals surface area contributed by atoms with E-state index in [0.29, 0.717) is 12.8 Å². The fourth-order valence-electron chi connectivity index (χ4n) is 7.32. The highest BCUT2D eigenvalue weighted by molar-refractivity contribution is 5.71. The molecular weight excluding hydrogens is 775 g/mol. The van der Waals surface area contributed by atoms with E-state index in [9.17, 15) is 19.5 Å². The number of carboxylic acids is 1. The second-order valence-corrected chi connectivity index (χ2v) is 18.0. The topological polar surface area (TPSA) is 102 Å². The van der Waals surface area contributed by atoms with Crippen molar-refractivity contribution in [3.05, 3.63) is 60.8 Å². The van der Waals surface area contributed by atoms with Crippen LogP contribution in [0.1, 0.15) is 213 Å². The number of esters is 2. The molecule has 0 saturated carbocycles. The highest BCUT2D eigenvalue weighted by Crippen LogP contribution is 2.16. The van der Waals surface area contributed by atoms with Crippen LogP contribution in [0.15, 0.2) is 60.8 Å². The second-order valence-electron chi connectivity index (χ2n) is 18.0. The predicted octanol–water partition coefficient (Wildman–Crippen LogP) is 13.2. The number of carboxylic acid groups (broad SMARTS) is 1. The van der Waals surface area contributed by atoms with E-state index in [0.717, 1.165) is 44.9 Å². The first-order valence-corrected chi connectivity index (χ1v) is 25.3. The molecule has 0 amide bonds. The lowest BCUT2D eigenvalue weighted by atomic mass is 10.0. The van der Waals surface area contributed by atoms with Crippen molar-refractivity contribution in [2.24, 2.45) is 0 Å². The van der Waals surface area contributed by atoms with E-state index in [2.05, 4.69) is 62.5 Å². The number of carbonyl (C=O) groups is 3. The van der Waals surface area contributed by atoms with Crippen molar-refractivity contribution in [2.75, 3.05) is 41.0 Å². The lowest BCUT2D eigenvalue weighted by Gasteiger charge is -2.34. The zero-order chi connectivity index (χ0) is 45.6. The summed E-state index contributed by atoms with van der Waals surface area (Å²) in [5.41, 5.74) is 0. The Morgan fingerprint density at radius 2 is 0.887 bits per heavy atom. The standard InChI is InChI=1S/C54H95NO7/c1-6-8-10-12-14-16-18-20-22-23-24-25-26-27-28-29-31-32-34-36-38-40-42-44-52(56)61-49-50(48-60-47-46-51(54(58)59)55(3,4)5)62-53(57)45-43-41-39-37-35-33-30-21-19-17-15-13-11-9-7-2/h9,11,15,17,21,30,35,37,41,43,50-51H,6-8,10,12-14,16,18-20,22-29,31-34,36,38-40,42,44-49H2,1-5H3/b11-9-,17-15-,30-21-,37-35-,43-41-. The maximum absolute atomic E-state index is 12.7. The molecule has 0 radical (unpaired) electrons. The molecule has 0 aliphatic rings. The van der Waals surface area contributed by atoms with Crippen LogP contribution < -0.4 is 5.11 Å². The van der Waals surface area contributed by atoms with Gasteiger partial charge in [-0.25, -0.2) is 0 Å². The molecule has 0 N–H and O–H groups in total. The van der Waals surface area contributed by atoms with Gasteiger partial charge >= 0.3 is 11.9 Å². The monoisotopic (exact) mass is 870 g/mol. The number of hydrogen-bond acceptors (Lipinski definition) is 7. The van der Waals surface area contributed by atoms with Crippen LogP contribution in [-0.2, 0) is 28.6 Å². The van der Waals surface area contributed by atoms with E-state index in [1.807, 2.05) is 6.08 Å². The molecule has 0 spiro atoms. The molecule has 2 unspecified atom stereocenters. The number of nitrogens with zero attached hydrogens (tertiary/aromatic N) is 1. The number of likely N-dealkylation sites (N-methyl/N-ethyl adjacent to an activating group) is 1. The third kappa shape index (κ3) is 42.3. The highest BCUT2D eigenvalue weighted by atomic mass is 16.6. The van der Waals surface area contributed by atoms with E-state index in [1.165, 1.54) is 128 Å². The molecule has 0 heterocycles. The summed E-state index contributed by atoms with van der Waals surface area (Å²) in [7, 11) is 5.38. The van der Waals surface area contributed by atoms with Crippen LogP contribution in [0.4, 0.5) is 0 Å². The molecule has 0 fully saturated rings. The van der Waals surface area contributed by atoms with E-state index in [-0.39, 0.29) is 43.1 Å². The Morgan fingerprint density at radius 3 is 1.27 bits per heavy atom. The van der Waals surface area contributed by atoms with Crippen LogP contribution in [0.25, 0.3) is 0 Å². The number of unbranched alkanes of at least 4 members (excludes halogenated alkanes) is 22. The lowest BCUT2D eigenvalue weighted by molar-refractivity contribution is -0.889. The second kappa shape index (κ2) is 44.6. The molecule has 8 heteroatoms. The Bertz CT molecular complexity index is 1200. The van der Waals surface area contributed by atoms with Gasteiger partial charge in [-0.3, -0.25) is 9.59 Å². The van der Waals surface area contributed by atoms with Crippen LogP contribution in [-0.4, -0.2) is 75.5 Å². The maximum Gasteiger partial charge on any atom is 0.310 e. The average Bonchev–Trinajstić information content (AvgIpc) is 3.23. The molecule has 0 aromatic carbocycles. The van der Waals surface area contributed by atoms with Gasteiger partial charge < -0.3 is 28.6 Å². The van der Waals surface area contributed by atoms with Gasteiger partial charge in [0.2, 0.25) is 0 Å². The summed E-state index contributed by atoms with van der Waals surface area (Å²) in [6.45, 7) is 4.46. The Kier molecular flexibility index (Phi) is 42.5. The number of ether oxygens (including phenoxy) is 3. The molecule has 0 aromatic rings. The van der Waals surface area contributed by atoms with Crippen molar-refractivity contribution in [3.63, 3.8) is 0 Å². The Labute approximate surface area is 381 Å². The number of aliphatic carboxylic acids is 1. The summed E-state index contributed by atoms with van der Waals surface area (Å²) in [6, 6.07) is -0.743. The highest BCUT2D eigenvalue weighted by Gasteiger charge is 2.25. The Hall–Kier alpha value is -2.97. The largest absolute Gasteiger partial charge is 0.544 e. The van der Waals surface area contributed by atoms with Crippen molar-refractivity contribution in [3.8, 4) is 0 Å². The van der Waals surface area contributed by atoms with Gasteiger partial charge in [0.15, 0.2) is 6.10 Å². The van der Waals surface area contributed by atoms with E-state index in [1.54, 1.807) is 27.2 Å². The average molecular weight is 870 g/mol. The van der Waals surface area contributed by atoms with Crippen molar-refractivity contribution < 1.29 is 38.2 Å². The number of allylic oxidation sites excluding steroid dienone is 9. The smallest absolute Gasteiger partial charge is 0.310 e. The first-order chi connectivity index (χ1) is 30.1. The first-order valence-electron chi connectivity index (χ1n) is 25.3. The first kappa shape index (κ1) is 59.0. The van der Waals surface area contributed by atoms with Crippen LogP contribution in [0.2, 0.25) is 0 Å². The zero-order valence-corrected chi connectivity index (χ0v) is 40.8. The van der Waals surface area contributed by atoms with Crippen molar-refractivity contribution in [2.45, 2.75) is 225 Å². The minimum Gasteiger partial charge on any atom is -0.544 e. The maximum atomic E-state index is 12.7. The number of carbonyl (C=O) groups excluding carboxylic acids is 3. The Balaban J connectivity index is 4.26. The van der Waals surface area contributed by atoms with Crippen LogP contribution in [0, 0.1) is 0 Å². The number of hydrogen-bond donors (Lipinski definition) is 0. The summed E-state index contributed by atoms with van der Waals surface area (Å²) >= 11 is 0. The summed E-state index contributed by atoms with van der Waals surface area (Å²) in [5.74, 6) is -1.89. The van der Waals surface area contributed by atoms with Gasteiger partial charge in [-0.15, -0.1) is 0 Å². The molecule has 0 aliphatic carbocycles. The van der Waals surface area contributed by atoms with Crippen LogP contribution >= 0.6 is 0 Å². The quantitative estimate of drug-likeness (QED) is 0.0260. The molecule has 0 saturated heterocycles. The fraction of sp³-hybridized carbons (Fsp3) is 0.759. The molecule has 2 atom stereocenters. The molecule has 62 heavy (non-hydrogen) atoms. The molecule has 358 valence electrons. The molecule has 0 bridgehead atoms. The normalized spacial score (nSPS) is 13.4. The molecule has 0 rings (SSSR count). The summed E-state index contributed by atoms with van der Waals surface area (Å²) in [5, 5.41) is 11.6. The molecule has 0 aromatic heterocycles. The molecule has 0 aliphatic heterocycles. The fourth-order valence-corrected chi connectivity index (χ4v) is 7.32. The van der Waals surface area contributed by atoms with Gasteiger partial charge in [-0.05, 0) is 38.5 Å². The summed E-state index contributed by atoms with van der Waals surface area (Å²) < 4.78 is 17.1. The minimum absolute atomic E-state index is 0.00103. The molecule has 8 nitrogen and oxygen atoms in total. The number of rotatable bonds is 45. The van der Waals surface area contributed by atoms with Gasteiger partial charge in [0, 0.05) is 12.8 Å². The molecular formula is C54H95NO7. The zero-order valence-electron chi connectivity index (χ0n) is 40.8. The van der Waals surface area contributed by atoms with E-state index >= 15 is 0 Å². The van der Waals surface area contributed by atoms with Gasteiger partial charge in [-0.1, -0.05) is 216 Å². The predicted molar refractivity (Wildman–Crippen MR) is 259 cm³/mol. The van der Waals surface area contributed by atoms with Crippen LogP contribution in [0.3, 0.4) is 0 Å². The van der Waals surface area contributed by atoms with Gasteiger partial charge in [0.25, 0.3) is 0 Å². The third-order valence-corrected chi connectivity index (χ3v) is 11.2. The van der Waals surface area contributed by atoms with Gasteiger partial charge in [-0.2, -0.15) is 0 Å². The van der Waals surface area contributed by atoms with Crippen molar-refractivity contribution in [1.82, 2.24) is 0 Å². The van der Waals surface area contributed by atoms with E-state index in [4.69, 9.17) is 14.2 Å². The minimum atomic E-state index is -1.14. The third-order valence-electron chi connectivity index (χ3n) is 11.2.